The first kappa shape index (κ1) is 40.8. The van der Waals surface area contributed by atoms with Gasteiger partial charge in [0.25, 0.3) is 0 Å². The highest BCUT2D eigenvalue weighted by Crippen LogP contribution is 2.51. The van der Waals surface area contributed by atoms with E-state index in [1.165, 1.54) is 49.4 Å². The molecule has 3 aromatic heterocycles. The topological polar surface area (TPSA) is 59.8 Å². The van der Waals surface area contributed by atoms with Gasteiger partial charge in [-0.3, -0.25) is 0 Å². The molecule has 0 spiro atoms. The molecule has 0 bridgehead atoms. The van der Waals surface area contributed by atoms with Crippen molar-refractivity contribution in [3.63, 3.8) is 0 Å². The quantitative estimate of drug-likeness (QED) is 0.181. The van der Waals surface area contributed by atoms with Crippen LogP contribution in [0.4, 0.5) is 0 Å². The number of furan rings is 1. The van der Waals surface area contributed by atoms with Crippen molar-refractivity contribution >= 4 is 77.2 Å². The van der Waals surface area contributed by atoms with E-state index >= 15 is 0 Å². The lowest BCUT2D eigenvalue weighted by atomic mass is 9.82. The molecule has 4 heterocycles. The molecule has 342 valence electrons. The van der Waals surface area contributed by atoms with Crippen LogP contribution in [0, 0.1) is 5.92 Å². The number of nitrogens with one attached hydrogen (secondary N) is 1. The van der Waals surface area contributed by atoms with Crippen LogP contribution in [0.2, 0.25) is 0 Å². The van der Waals surface area contributed by atoms with Gasteiger partial charge in [0.1, 0.15) is 17.7 Å². The number of aromatic nitrogens is 2. The summed E-state index contributed by atoms with van der Waals surface area (Å²) in [6.07, 6.45) is 9.36. The summed E-state index contributed by atoms with van der Waals surface area (Å²) in [4.78, 5) is 10.9. The molecule has 12 aromatic rings. The predicted molar refractivity (Wildman–Crippen MR) is 298 cm³/mol. The number of fused-ring (bicyclic) bond motifs is 12. The van der Waals surface area contributed by atoms with Gasteiger partial charge in [-0.2, -0.15) is 0 Å². The second kappa shape index (κ2) is 15.5. The van der Waals surface area contributed by atoms with Crippen LogP contribution in [0.3, 0.4) is 0 Å². The smallest absolute Gasteiger partial charge is 0.160 e. The summed E-state index contributed by atoms with van der Waals surface area (Å²) in [6, 6.07) is 70.3. The van der Waals surface area contributed by atoms with Crippen molar-refractivity contribution in [3.8, 4) is 33.6 Å². The van der Waals surface area contributed by atoms with E-state index in [4.69, 9.17) is 14.4 Å². The molecule has 6 nitrogen and oxygen atoms in total. The summed E-state index contributed by atoms with van der Waals surface area (Å²) < 4.78 is 12.4. The van der Waals surface area contributed by atoms with Crippen LogP contribution in [0.1, 0.15) is 42.5 Å². The lowest BCUT2D eigenvalue weighted by Crippen LogP contribution is -2.43. The first-order valence-electron chi connectivity index (χ1n) is 25.1. The third kappa shape index (κ3) is 5.96. The van der Waals surface area contributed by atoms with Crippen molar-refractivity contribution in [1.82, 2.24) is 14.5 Å². The van der Waals surface area contributed by atoms with Crippen molar-refractivity contribution in [2.45, 2.75) is 31.8 Å². The van der Waals surface area contributed by atoms with Crippen molar-refractivity contribution in [2.24, 2.45) is 15.9 Å². The highest BCUT2D eigenvalue weighted by Gasteiger charge is 2.37. The molecular formula is C66H47N5O. The molecule has 0 amide bonds. The van der Waals surface area contributed by atoms with Gasteiger partial charge < -0.3 is 18.9 Å². The van der Waals surface area contributed by atoms with Gasteiger partial charge in [0.2, 0.25) is 0 Å². The zero-order valence-corrected chi connectivity index (χ0v) is 39.8. The fraction of sp³-hybridized carbons (Fsp3) is 0.0909. The maximum absolute atomic E-state index is 7.61. The molecule has 6 heteroatoms. The van der Waals surface area contributed by atoms with Gasteiger partial charge >= 0.3 is 0 Å². The number of rotatable bonds is 6. The Hall–Kier alpha value is -9.00. The molecule has 1 N–H and O–H groups in total. The Morgan fingerprint density at radius 3 is 1.89 bits per heavy atom. The van der Waals surface area contributed by atoms with Gasteiger partial charge in [0, 0.05) is 54.8 Å². The maximum atomic E-state index is 7.61. The van der Waals surface area contributed by atoms with Crippen molar-refractivity contribution in [1.29, 1.82) is 0 Å². The number of para-hydroxylation sites is 4. The van der Waals surface area contributed by atoms with Crippen LogP contribution in [0.5, 0.6) is 0 Å². The fourth-order valence-corrected chi connectivity index (χ4v) is 12.2. The van der Waals surface area contributed by atoms with E-state index in [2.05, 4.69) is 247 Å². The third-order valence-electron chi connectivity index (χ3n) is 15.7. The van der Waals surface area contributed by atoms with E-state index in [9.17, 15) is 0 Å². The Labute approximate surface area is 416 Å². The molecule has 2 atom stereocenters. The predicted octanol–water partition coefficient (Wildman–Crippen LogP) is 16.0. The van der Waals surface area contributed by atoms with Crippen molar-refractivity contribution in [3.05, 3.63) is 241 Å². The first-order chi connectivity index (χ1) is 35.5. The summed E-state index contributed by atoms with van der Waals surface area (Å²) >= 11 is 0. The molecule has 72 heavy (non-hydrogen) atoms. The third-order valence-corrected chi connectivity index (χ3v) is 15.7. The molecule has 0 saturated heterocycles. The van der Waals surface area contributed by atoms with Gasteiger partial charge in [-0.15, -0.1) is 0 Å². The normalized spacial score (nSPS) is 17.0. The number of nitrogens with zero attached hydrogens (tertiary/aromatic N) is 4. The van der Waals surface area contributed by atoms with Crippen LogP contribution in [0.25, 0.3) is 99.2 Å². The monoisotopic (exact) mass is 925 g/mol. The number of hydrogen-bond donors (Lipinski definition) is 1. The number of aliphatic imine (C=N–C) groups is 2. The lowest BCUT2D eigenvalue weighted by molar-refractivity contribution is 0.475. The molecule has 0 radical (unpaired) electrons. The maximum Gasteiger partial charge on any atom is 0.160 e. The second-order valence-corrected chi connectivity index (χ2v) is 20.1. The minimum absolute atomic E-state index is 0.125. The standard InChI is InChI=1S/C66H47N5O/c1-66(2)53-27-13-9-22-44(53)51-38-52-47-25-12-14-28-55(47)70(59(52)39-54(51)66)58-31-17-26-48-49-36-37-50(60(62(49)72-61(48)58)71-56-29-15-10-23-45(56)46-24-11-16-30-57(46)71)65-68-63(42-20-7-4-8-21-42)67-64(69-65)43-34-32-41(33-35-43)40-18-5-3-6-19-40/h3-20,22-39,42,63H,21H2,1-2H3,(H,67,68,69). The van der Waals surface area contributed by atoms with E-state index in [1.807, 2.05) is 0 Å². The Balaban J connectivity index is 0.990. The lowest BCUT2D eigenvalue weighted by Gasteiger charge is -2.29. The van der Waals surface area contributed by atoms with Crippen LogP contribution in [0.15, 0.2) is 233 Å². The molecule has 9 aromatic carbocycles. The zero-order chi connectivity index (χ0) is 47.7. The van der Waals surface area contributed by atoms with E-state index in [0.29, 0.717) is 5.84 Å². The van der Waals surface area contributed by atoms with Gasteiger partial charge in [-0.1, -0.05) is 184 Å². The van der Waals surface area contributed by atoms with Gasteiger partial charge in [0.15, 0.2) is 17.0 Å². The summed E-state index contributed by atoms with van der Waals surface area (Å²) in [5.74, 6) is 1.57. The van der Waals surface area contributed by atoms with Crippen LogP contribution >= 0.6 is 0 Å². The summed E-state index contributed by atoms with van der Waals surface area (Å²) in [5.41, 5.74) is 17.4. The second-order valence-electron chi connectivity index (χ2n) is 20.1. The van der Waals surface area contributed by atoms with Gasteiger partial charge in [0.05, 0.1) is 27.8 Å². The minimum atomic E-state index is -0.263. The first-order valence-corrected chi connectivity index (χ1v) is 25.1. The highest BCUT2D eigenvalue weighted by atomic mass is 16.3. The molecule has 15 rings (SSSR count). The van der Waals surface area contributed by atoms with Crippen LogP contribution < -0.4 is 5.32 Å². The Bertz CT molecular complexity index is 4310. The van der Waals surface area contributed by atoms with Gasteiger partial charge in [-0.05, 0) is 88.3 Å². The number of hydrogen-bond acceptors (Lipinski definition) is 4. The molecule has 1 aliphatic heterocycles. The Morgan fingerprint density at radius 1 is 0.500 bits per heavy atom. The van der Waals surface area contributed by atoms with E-state index in [1.54, 1.807) is 0 Å². The molecular weight excluding hydrogens is 879 g/mol. The molecule has 0 fully saturated rings. The molecule has 2 aliphatic carbocycles. The van der Waals surface area contributed by atoms with Crippen LogP contribution in [-0.2, 0) is 5.41 Å². The number of amidine groups is 2. The molecule has 3 aliphatic rings. The van der Waals surface area contributed by atoms with Crippen LogP contribution in [-0.4, -0.2) is 27.0 Å². The SMILES string of the molecule is CC1(C)c2ccccc2-c2cc3c4ccccc4n(-c4cccc5c4oc4c(-n6c7ccccc7c7ccccc76)c(C6=NC(c7ccc(-c8ccccc8)cc7)=NC(C7C=CC=CC7)N6)ccc45)c3cc21. The highest BCUT2D eigenvalue weighted by molar-refractivity contribution is 6.21. The number of benzene rings is 9. The largest absolute Gasteiger partial charge is 0.452 e. The van der Waals surface area contributed by atoms with E-state index < -0.39 is 0 Å². The Morgan fingerprint density at radius 2 is 1.14 bits per heavy atom. The molecule has 0 saturated carbocycles. The van der Waals surface area contributed by atoms with E-state index in [0.717, 1.165) is 84.3 Å². The molecule has 2 unspecified atom stereocenters. The zero-order valence-electron chi connectivity index (χ0n) is 39.8. The van der Waals surface area contributed by atoms with Crippen molar-refractivity contribution in [2.75, 3.05) is 0 Å². The summed E-state index contributed by atoms with van der Waals surface area (Å²) in [6.45, 7) is 4.72. The average molecular weight is 926 g/mol. The minimum Gasteiger partial charge on any atom is -0.452 e. The van der Waals surface area contributed by atoms with Crippen molar-refractivity contribution < 1.29 is 4.42 Å². The summed E-state index contributed by atoms with van der Waals surface area (Å²) in [7, 11) is 0. The van der Waals surface area contributed by atoms with Gasteiger partial charge in [-0.25, -0.2) is 9.98 Å². The van der Waals surface area contributed by atoms with E-state index in [-0.39, 0.29) is 17.5 Å². The summed E-state index contributed by atoms with van der Waals surface area (Å²) in [5, 5.41) is 10.8. The Kier molecular flexibility index (Phi) is 8.79. The fourth-order valence-electron chi connectivity index (χ4n) is 12.2. The average Bonchev–Trinajstić information content (AvgIpc) is 4.15. The number of allylic oxidation sites excluding steroid dienone is 3.